The molecule has 2 aromatic rings. The van der Waals surface area contributed by atoms with Crippen molar-refractivity contribution in [3.8, 4) is 0 Å². The molecule has 0 saturated carbocycles. The molecule has 1 aliphatic heterocycles. The second-order valence-corrected chi connectivity index (χ2v) is 6.65. The maximum atomic E-state index is 12.1. The standard InChI is InChI=1S/C20H25N3O2/c1-22-15-18(7-8-19(22)24)20(25)21-11-14-23-12-9-17(10-13-23)16-5-3-2-4-6-16/h2-8,15,17H,9-14H2,1H3,(H,21,25). The molecule has 0 atom stereocenters. The summed E-state index contributed by atoms with van der Waals surface area (Å²) in [6, 6.07) is 13.7. The first-order valence-electron chi connectivity index (χ1n) is 8.85. The van der Waals surface area contributed by atoms with E-state index >= 15 is 0 Å². The van der Waals surface area contributed by atoms with Crippen molar-refractivity contribution in [3.05, 3.63) is 70.1 Å². The Balaban J connectivity index is 1.42. The number of aryl methyl sites for hydroxylation is 1. The molecule has 1 aromatic heterocycles. The highest BCUT2D eigenvalue weighted by Gasteiger charge is 2.20. The van der Waals surface area contributed by atoms with Crippen molar-refractivity contribution in [2.24, 2.45) is 7.05 Å². The van der Waals surface area contributed by atoms with Crippen molar-refractivity contribution in [2.75, 3.05) is 26.2 Å². The molecule has 0 bridgehead atoms. The lowest BCUT2D eigenvalue weighted by molar-refractivity contribution is 0.0945. The predicted molar refractivity (Wildman–Crippen MR) is 98.9 cm³/mol. The largest absolute Gasteiger partial charge is 0.351 e. The van der Waals surface area contributed by atoms with Crippen LogP contribution in [-0.2, 0) is 7.05 Å². The molecule has 5 nitrogen and oxygen atoms in total. The average Bonchev–Trinajstić information content (AvgIpc) is 2.65. The van der Waals surface area contributed by atoms with Gasteiger partial charge in [0.1, 0.15) is 0 Å². The van der Waals surface area contributed by atoms with Crippen LogP contribution in [-0.4, -0.2) is 41.6 Å². The van der Waals surface area contributed by atoms with Gasteiger partial charge in [-0.2, -0.15) is 0 Å². The van der Waals surface area contributed by atoms with Crippen LogP contribution in [0.2, 0.25) is 0 Å². The lowest BCUT2D eigenvalue weighted by atomic mass is 9.89. The van der Waals surface area contributed by atoms with Crippen LogP contribution in [0.5, 0.6) is 0 Å². The van der Waals surface area contributed by atoms with Gasteiger partial charge in [-0.15, -0.1) is 0 Å². The summed E-state index contributed by atoms with van der Waals surface area (Å²) in [5.74, 6) is 0.521. The zero-order chi connectivity index (χ0) is 17.6. The Labute approximate surface area is 148 Å². The van der Waals surface area contributed by atoms with E-state index < -0.39 is 0 Å². The van der Waals surface area contributed by atoms with Gasteiger partial charge in [0.25, 0.3) is 5.91 Å². The molecule has 0 aliphatic carbocycles. The molecular formula is C20H25N3O2. The number of nitrogens with one attached hydrogen (secondary N) is 1. The van der Waals surface area contributed by atoms with Gasteiger partial charge >= 0.3 is 0 Å². The lowest BCUT2D eigenvalue weighted by Crippen LogP contribution is -2.39. The molecule has 1 aromatic carbocycles. The van der Waals surface area contributed by atoms with Gasteiger partial charge in [0.05, 0.1) is 5.56 Å². The molecule has 1 amide bonds. The van der Waals surface area contributed by atoms with Crippen LogP contribution >= 0.6 is 0 Å². The number of carbonyl (C=O) groups excluding carboxylic acids is 1. The minimum atomic E-state index is -0.130. The first-order chi connectivity index (χ1) is 12.1. The molecule has 1 fully saturated rings. The molecule has 25 heavy (non-hydrogen) atoms. The van der Waals surface area contributed by atoms with E-state index in [-0.39, 0.29) is 11.5 Å². The van der Waals surface area contributed by atoms with Crippen LogP contribution in [0.15, 0.2) is 53.5 Å². The number of amides is 1. The Morgan fingerprint density at radius 1 is 1.12 bits per heavy atom. The van der Waals surface area contributed by atoms with Crippen molar-refractivity contribution in [3.63, 3.8) is 0 Å². The maximum Gasteiger partial charge on any atom is 0.252 e. The number of likely N-dealkylation sites (tertiary alicyclic amines) is 1. The molecule has 132 valence electrons. The molecule has 5 heteroatoms. The van der Waals surface area contributed by atoms with Gasteiger partial charge in [-0.05, 0) is 43.5 Å². The summed E-state index contributed by atoms with van der Waals surface area (Å²) in [6.45, 7) is 3.61. The fourth-order valence-corrected chi connectivity index (χ4v) is 3.37. The van der Waals surface area contributed by atoms with Crippen molar-refractivity contribution in [1.82, 2.24) is 14.8 Å². The average molecular weight is 339 g/mol. The van der Waals surface area contributed by atoms with Crippen LogP contribution in [0, 0.1) is 0 Å². The van der Waals surface area contributed by atoms with E-state index in [4.69, 9.17) is 0 Å². The number of nitrogens with zero attached hydrogens (tertiary/aromatic N) is 2. The van der Waals surface area contributed by atoms with E-state index in [1.807, 2.05) is 0 Å². The Bertz CT molecular complexity index is 762. The Morgan fingerprint density at radius 2 is 1.84 bits per heavy atom. The van der Waals surface area contributed by atoms with E-state index in [0.29, 0.717) is 18.0 Å². The zero-order valence-corrected chi connectivity index (χ0v) is 14.6. The quantitative estimate of drug-likeness (QED) is 0.906. The Morgan fingerprint density at radius 3 is 2.52 bits per heavy atom. The third kappa shape index (κ3) is 4.57. The summed E-state index contributed by atoms with van der Waals surface area (Å²) in [7, 11) is 1.65. The van der Waals surface area contributed by atoms with Gasteiger partial charge in [0, 0.05) is 32.4 Å². The summed E-state index contributed by atoms with van der Waals surface area (Å²) >= 11 is 0. The summed E-state index contributed by atoms with van der Waals surface area (Å²) in [4.78, 5) is 25.9. The fourth-order valence-electron chi connectivity index (χ4n) is 3.37. The molecule has 3 rings (SSSR count). The number of pyridine rings is 1. The summed E-state index contributed by atoms with van der Waals surface area (Å²) in [6.07, 6.45) is 3.90. The Kier molecular flexibility index (Phi) is 5.66. The minimum absolute atomic E-state index is 0.113. The highest BCUT2D eigenvalue weighted by Crippen LogP contribution is 2.27. The van der Waals surface area contributed by atoms with Crippen molar-refractivity contribution in [2.45, 2.75) is 18.8 Å². The van der Waals surface area contributed by atoms with Gasteiger partial charge in [-0.3, -0.25) is 9.59 Å². The zero-order valence-electron chi connectivity index (χ0n) is 14.6. The molecule has 0 spiro atoms. The van der Waals surface area contributed by atoms with Gasteiger partial charge in [0.2, 0.25) is 5.56 Å². The van der Waals surface area contributed by atoms with Crippen molar-refractivity contribution in [1.29, 1.82) is 0 Å². The number of rotatable bonds is 5. The molecule has 0 unspecified atom stereocenters. The second kappa shape index (κ2) is 8.12. The molecule has 0 radical (unpaired) electrons. The molecule has 1 N–H and O–H groups in total. The second-order valence-electron chi connectivity index (χ2n) is 6.65. The maximum absolute atomic E-state index is 12.1. The third-order valence-electron chi connectivity index (χ3n) is 4.92. The van der Waals surface area contributed by atoms with E-state index in [1.165, 1.54) is 29.0 Å². The monoisotopic (exact) mass is 339 g/mol. The topological polar surface area (TPSA) is 54.3 Å². The molecule has 2 heterocycles. The number of aromatic nitrogens is 1. The lowest BCUT2D eigenvalue weighted by Gasteiger charge is -2.32. The van der Waals surface area contributed by atoms with E-state index in [1.54, 1.807) is 19.3 Å². The summed E-state index contributed by atoms with van der Waals surface area (Å²) in [5, 5.41) is 2.94. The first-order valence-corrected chi connectivity index (χ1v) is 8.85. The fraction of sp³-hybridized carbons (Fsp3) is 0.400. The minimum Gasteiger partial charge on any atom is -0.351 e. The van der Waals surface area contributed by atoms with Crippen LogP contribution in [0.4, 0.5) is 0 Å². The van der Waals surface area contributed by atoms with Crippen LogP contribution in [0.1, 0.15) is 34.7 Å². The highest BCUT2D eigenvalue weighted by atomic mass is 16.2. The van der Waals surface area contributed by atoms with Crippen LogP contribution < -0.4 is 10.9 Å². The SMILES string of the molecule is Cn1cc(C(=O)NCCN2CCC(c3ccccc3)CC2)ccc1=O. The number of carbonyl (C=O) groups is 1. The first kappa shape index (κ1) is 17.4. The van der Waals surface area contributed by atoms with E-state index in [9.17, 15) is 9.59 Å². The highest BCUT2D eigenvalue weighted by molar-refractivity contribution is 5.93. The number of hydrogen-bond acceptors (Lipinski definition) is 3. The van der Waals surface area contributed by atoms with Gasteiger partial charge in [-0.25, -0.2) is 0 Å². The van der Waals surface area contributed by atoms with Crippen molar-refractivity contribution >= 4 is 5.91 Å². The van der Waals surface area contributed by atoms with Crippen LogP contribution in [0.25, 0.3) is 0 Å². The molecule has 1 aliphatic rings. The van der Waals surface area contributed by atoms with Crippen molar-refractivity contribution < 1.29 is 4.79 Å². The molecular weight excluding hydrogens is 314 g/mol. The third-order valence-corrected chi connectivity index (χ3v) is 4.92. The summed E-state index contributed by atoms with van der Waals surface area (Å²) < 4.78 is 1.42. The van der Waals surface area contributed by atoms with Crippen LogP contribution in [0.3, 0.4) is 0 Å². The smallest absolute Gasteiger partial charge is 0.252 e. The van der Waals surface area contributed by atoms with E-state index in [0.717, 1.165) is 19.6 Å². The summed E-state index contributed by atoms with van der Waals surface area (Å²) in [5.41, 5.74) is 1.84. The normalized spacial score (nSPS) is 15.9. The predicted octanol–water partition coefficient (Wildman–Crippen LogP) is 1.99. The van der Waals surface area contributed by atoms with E-state index in [2.05, 4.69) is 40.5 Å². The number of benzene rings is 1. The van der Waals surface area contributed by atoms with Gasteiger partial charge in [0.15, 0.2) is 0 Å². The van der Waals surface area contributed by atoms with Gasteiger partial charge < -0.3 is 14.8 Å². The Hall–Kier alpha value is -2.40. The molecule has 1 saturated heterocycles. The van der Waals surface area contributed by atoms with Gasteiger partial charge in [-0.1, -0.05) is 30.3 Å². The number of piperidine rings is 1. The number of hydrogen-bond donors (Lipinski definition) is 1.